The number of rotatable bonds is 6. The lowest BCUT2D eigenvalue weighted by molar-refractivity contribution is -0.186. The second-order valence-electron chi connectivity index (χ2n) is 2.33. The Kier molecular flexibility index (Phi) is 19.6. The van der Waals surface area contributed by atoms with E-state index in [0.29, 0.717) is 0 Å². The van der Waals surface area contributed by atoms with Crippen LogP contribution >= 0.6 is 0 Å². The van der Waals surface area contributed by atoms with Gasteiger partial charge in [-0.1, -0.05) is 26.2 Å². The van der Waals surface area contributed by atoms with Crippen LogP contribution in [0.4, 0.5) is 0 Å². The van der Waals surface area contributed by atoms with E-state index in [9.17, 15) is 0 Å². The molecule has 0 spiro atoms. The van der Waals surface area contributed by atoms with Gasteiger partial charge in [0.25, 0.3) is 0 Å². The third-order valence-corrected chi connectivity index (χ3v) is 1.38. The Hall–Kier alpha value is -0.540. The number of unbranched alkanes of at least 4 members (excludes halogenated alkanes) is 4. The van der Waals surface area contributed by atoms with Crippen LogP contribution in [-0.4, -0.2) is 12.3 Å². The molecule has 0 aliphatic carbocycles. The first-order chi connectivity index (χ1) is 5.91. The predicted molar refractivity (Wildman–Crippen MR) is 51.7 cm³/mol. The summed E-state index contributed by atoms with van der Waals surface area (Å²) in [6, 6.07) is 0. The molecule has 12 heavy (non-hydrogen) atoms. The lowest BCUT2D eigenvalue weighted by Crippen LogP contribution is -1.74. The van der Waals surface area contributed by atoms with Crippen LogP contribution in [0.3, 0.4) is 0 Å². The third-order valence-electron chi connectivity index (χ3n) is 1.38. The fraction of sp³-hybridized carbons (Fsp3) is 0.778. The summed E-state index contributed by atoms with van der Waals surface area (Å²) in [5.74, 6) is 0. The van der Waals surface area contributed by atoms with E-state index in [0.717, 1.165) is 6.42 Å². The molecular weight excluding hydrogens is 154 g/mol. The second kappa shape index (κ2) is 16.8. The van der Waals surface area contributed by atoms with E-state index in [4.69, 9.17) is 5.26 Å². The topological polar surface area (TPSA) is 55.5 Å². The van der Waals surface area contributed by atoms with Crippen molar-refractivity contribution in [3.8, 4) is 0 Å². The van der Waals surface area contributed by atoms with Crippen molar-refractivity contribution in [1.29, 1.82) is 0 Å². The minimum atomic E-state index is 1.00. The quantitative estimate of drug-likeness (QED) is 0.282. The molecule has 0 heterocycles. The number of nitrogens with two attached hydrogens (primary N) is 1. The molecular formula is C9H21NO2. The van der Waals surface area contributed by atoms with Gasteiger partial charge in [0.15, 0.2) is 0 Å². The van der Waals surface area contributed by atoms with Crippen molar-refractivity contribution in [2.45, 2.75) is 39.0 Å². The average molecular weight is 175 g/mol. The third kappa shape index (κ3) is 16.2. The highest BCUT2D eigenvalue weighted by Crippen LogP contribution is 2.02. The van der Waals surface area contributed by atoms with Crippen LogP contribution < -0.4 is 5.73 Å². The van der Waals surface area contributed by atoms with Crippen molar-refractivity contribution >= 4 is 0 Å². The molecule has 0 aliphatic heterocycles. The van der Waals surface area contributed by atoms with Gasteiger partial charge in [-0.05, 0) is 26.0 Å². The highest BCUT2D eigenvalue weighted by molar-refractivity contribution is 4.71. The predicted octanol–water partition coefficient (Wildman–Crippen LogP) is 2.54. The largest absolute Gasteiger partial charge is 0.349 e. The standard InChI is InChI=1S/C8H16O2.CH5N/c1-2-3-4-5-6-7-8-10-9;1-2/h7-9H,2-6H2,1H3;2H2,1H3/b8-7+;. The van der Waals surface area contributed by atoms with Crippen molar-refractivity contribution in [1.82, 2.24) is 0 Å². The van der Waals surface area contributed by atoms with Crippen LogP contribution in [0.25, 0.3) is 0 Å². The highest BCUT2D eigenvalue weighted by Gasteiger charge is 1.83. The zero-order valence-electron chi connectivity index (χ0n) is 8.12. The van der Waals surface area contributed by atoms with Crippen LogP contribution in [0.1, 0.15) is 39.0 Å². The molecule has 0 saturated heterocycles. The summed E-state index contributed by atoms with van der Waals surface area (Å²) in [6.07, 6.45) is 9.16. The molecule has 74 valence electrons. The maximum Gasteiger partial charge on any atom is 0.125 e. The van der Waals surface area contributed by atoms with Crippen LogP contribution in [0.5, 0.6) is 0 Å². The molecule has 3 N–H and O–H groups in total. The molecule has 0 aromatic rings. The Morgan fingerprint density at radius 2 is 1.92 bits per heavy atom. The van der Waals surface area contributed by atoms with E-state index in [-0.39, 0.29) is 0 Å². The molecule has 0 aromatic heterocycles. The van der Waals surface area contributed by atoms with Crippen LogP contribution in [0.15, 0.2) is 12.3 Å². The van der Waals surface area contributed by atoms with Crippen LogP contribution in [-0.2, 0) is 4.89 Å². The molecule has 0 atom stereocenters. The summed E-state index contributed by atoms with van der Waals surface area (Å²) >= 11 is 0. The zero-order valence-corrected chi connectivity index (χ0v) is 8.12. The Balaban J connectivity index is 0. The van der Waals surface area contributed by atoms with Gasteiger partial charge >= 0.3 is 0 Å². The lowest BCUT2D eigenvalue weighted by Gasteiger charge is -1.92. The molecule has 0 fully saturated rings. The summed E-state index contributed by atoms with van der Waals surface area (Å²) in [7, 11) is 1.50. The second-order valence-corrected chi connectivity index (χ2v) is 2.33. The Morgan fingerprint density at radius 1 is 1.25 bits per heavy atom. The van der Waals surface area contributed by atoms with Crippen molar-refractivity contribution < 1.29 is 10.1 Å². The number of hydrogen-bond acceptors (Lipinski definition) is 3. The molecule has 0 rings (SSSR count). The SMILES string of the molecule is CCCCCC/C=C/OO.CN. The Morgan fingerprint density at radius 3 is 2.42 bits per heavy atom. The van der Waals surface area contributed by atoms with Gasteiger partial charge in [-0.15, -0.1) is 0 Å². The van der Waals surface area contributed by atoms with Crippen LogP contribution in [0.2, 0.25) is 0 Å². The molecule has 0 aliphatic rings. The first-order valence-electron chi connectivity index (χ1n) is 4.44. The van der Waals surface area contributed by atoms with Gasteiger partial charge in [-0.25, -0.2) is 5.26 Å². The van der Waals surface area contributed by atoms with Crippen LogP contribution in [0, 0.1) is 0 Å². The van der Waals surface area contributed by atoms with E-state index in [1.165, 1.54) is 39.0 Å². The fourth-order valence-electron chi connectivity index (χ4n) is 0.800. The summed E-state index contributed by atoms with van der Waals surface area (Å²) in [5, 5.41) is 7.88. The minimum Gasteiger partial charge on any atom is -0.349 e. The maximum absolute atomic E-state index is 7.88. The van der Waals surface area contributed by atoms with Gasteiger partial charge in [-0.3, -0.25) is 0 Å². The van der Waals surface area contributed by atoms with Gasteiger partial charge < -0.3 is 10.6 Å². The van der Waals surface area contributed by atoms with Gasteiger partial charge in [0.1, 0.15) is 6.26 Å². The van der Waals surface area contributed by atoms with Crippen molar-refractivity contribution in [3.63, 3.8) is 0 Å². The van der Waals surface area contributed by atoms with Crippen molar-refractivity contribution in [2.75, 3.05) is 7.05 Å². The summed E-state index contributed by atoms with van der Waals surface area (Å²) in [6.45, 7) is 2.19. The number of allylic oxidation sites excluding steroid dienone is 1. The monoisotopic (exact) mass is 175 g/mol. The molecule has 0 saturated carbocycles. The van der Waals surface area contributed by atoms with E-state index >= 15 is 0 Å². The smallest absolute Gasteiger partial charge is 0.125 e. The molecule has 0 radical (unpaired) electrons. The zero-order chi connectivity index (χ0) is 9.66. The van der Waals surface area contributed by atoms with E-state index in [1.807, 2.05) is 6.08 Å². The van der Waals surface area contributed by atoms with Gasteiger partial charge in [0.2, 0.25) is 0 Å². The molecule has 0 bridgehead atoms. The fourth-order valence-corrected chi connectivity index (χ4v) is 0.800. The first kappa shape index (κ1) is 14.0. The van der Waals surface area contributed by atoms with Crippen molar-refractivity contribution in [2.24, 2.45) is 5.73 Å². The van der Waals surface area contributed by atoms with Gasteiger partial charge in [0.05, 0.1) is 0 Å². The van der Waals surface area contributed by atoms with Gasteiger partial charge in [0, 0.05) is 0 Å². The molecule has 0 unspecified atom stereocenters. The Labute approximate surface area is 75.2 Å². The first-order valence-corrected chi connectivity index (χ1v) is 4.44. The lowest BCUT2D eigenvalue weighted by atomic mass is 10.2. The van der Waals surface area contributed by atoms with Gasteiger partial charge in [-0.2, -0.15) is 0 Å². The highest BCUT2D eigenvalue weighted by atomic mass is 17.1. The summed E-state index contributed by atoms with van der Waals surface area (Å²) < 4.78 is 0. The summed E-state index contributed by atoms with van der Waals surface area (Å²) in [5.41, 5.74) is 4.50. The van der Waals surface area contributed by atoms with E-state index < -0.39 is 0 Å². The Bertz CT molecular complexity index is 84.6. The molecule has 3 heteroatoms. The maximum atomic E-state index is 7.88. The van der Waals surface area contributed by atoms with E-state index in [1.54, 1.807) is 0 Å². The normalized spacial score (nSPS) is 9.33. The molecule has 0 aromatic carbocycles. The summed E-state index contributed by atoms with van der Waals surface area (Å²) in [4.78, 5) is 3.77. The minimum absolute atomic E-state index is 1.00. The molecule has 0 amide bonds. The number of hydrogen-bond donors (Lipinski definition) is 2. The van der Waals surface area contributed by atoms with Crippen molar-refractivity contribution in [3.05, 3.63) is 12.3 Å². The van der Waals surface area contributed by atoms with E-state index in [2.05, 4.69) is 17.5 Å². The average Bonchev–Trinajstić information content (AvgIpc) is 2.15. The molecule has 3 nitrogen and oxygen atoms in total.